The van der Waals surface area contributed by atoms with Crippen molar-refractivity contribution in [1.82, 2.24) is 4.90 Å². The second-order valence-electron chi connectivity index (χ2n) is 5.71. The van der Waals surface area contributed by atoms with Crippen molar-refractivity contribution < 1.29 is 19.1 Å². The van der Waals surface area contributed by atoms with Gasteiger partial charge in [-0.1, -0.05) is 24.6 Å². The molecule has 0 saturated carbocycles. The number of hydrogen-bond donors (Lipinski definition) is 0. The number of carbonyl (C=O) groups excluding carboxylic acids is 2. The first-order valence-corrected chi connectivity index (χ1v) is 9.36. The Balaban J connectivity index is 2.11. The second kappa shape index (κ2) is 9.27. The normalized spacial score (nSPS) is 17.4. The Labute approximate surface area is 157 Å². The molecule has 1 aliphatic rings. The standard InChI is InChI=1S/C18H22ClNO4S/c1-4-12(2)24-15-7-6-13(10-14(15)19)11-16-17(21)20(18(22)25-16)8-5-9-23-3/h6-7,10-12H,4-5,8-9H2,1-3H3/b16-11+/t12-/m1/s1. The third-order valence-corrected chi connectivity index (χ3v) is 4.96. The van der Waals surface area contributed by atoms with E-state index in [9.17, 15) is 9.59 Å². The highest BCUT2D eigenvalue weighted by Crippen LogP contribution is 2.34. The maximum atomic E-state index is 12.4. The zero-order valence-corrected chi connectivity index (χ0v) is 16.2. The molecule has 25 heavy (non-hydrogen) atoms. The van der Waals surface area contributed by atoms with Crippen molar-refractivity contribution >= 4 is 40.6 Å². The van der Waals surface area contributed by atoms with E-state index in [1.165, 1.54) is 4.90 Å². The van der Waals surface area contributed by atoms with Gasteiger partial charge in [-0.05, 0) is 55.3 Å². The van der Waals surface area contributed by atoms with Gasteiger partial charge < -0.3 is 9.47 Å². The fourth-order valence-electron chi connectivity index (χ4n) is 2.21. The minimum Gasteiger partial charge on any atom is -0.489 e. The lowest BCUT2D eigenvalue weighted by molar-refractivity contribution is -0.122. The predicted octanol–water partition coefficient (Wildman–Crippen LogP) is 4.59. The van der Waals surface area contributed by atoms with Crippen LogP contribution in [0.3, 0.4) is 0 Å². The van der Waals surface area contributed by atoms with Crippen LogP contribution in [0.25, 0.3) is 6.08 Å². The number of hydrogen-bond acceptors (Lipinski definition) is 5. The number of methoxy groups -OCH3 is 1. The summed E-state index contributed by atoms with van der Waals surface area (Å²) in [4.78, 5) is 26.0. The topological polar surface area (TPSA) is 55.8 Å². The molecule has 136 valence electrons. The molecule has 1 aromatic carbocycles. The summed E-state index contributed by atoms with van der Waals surface area (Å²) in [6.07, 6.45) is 3.26. The molecule has 2 rings (SSSR count). The van der Waals surface area contributed by atoms with Crippen molar-refractivity contribution in [2.75, 3.05) is 20.3 Å². The summed E-state index contributed by atoms with van der Waals surface area (Å²) in [5.74, 6) is 0.336. The van der Waals surface area contributed by atoms with Crippen molar-refractivity contribution in [3.8, 4) is 5.75 Å². The summed E-state index contributed by atoms with van der Waals surface area (Å²) in [7, 11) is 1.59. The molecule has 1 saturated heterocycles. The van der Waals surface area contributed by atoms with Crippen LogP contribution in [0.5, 0.6) is 5.75 Å². The van der Waals surface area contributed by atoms with E-state index in [1.54, 1.807) is 25.3 Å². The molecule has 0 radical (unpaired) electrons. The molecule has 0 aromatic heterocycles. The van der Waals surface area contributed by atoms with Gasteiger partial charge in [0.1, 0.15) is 5.75 Å². The summed E-state index contributed by atoms with van der Waals surface area (Å²) in [5, 5.41) is 0.226. The Kier molecular flexibility index (Phi) is 7.35. The van der Waals surface area contributed by atoms with Crippen LogP contribution in [-0.2, 0) is 9.53 Å². The van der Waals surface area contributed by atoms with Gasteiger partial charge >= 0.3 is 0 Å². The minimum absolute atomic E-state index is 0.0759. The monoisotopic (exact) mass is 383 g/mol. The fourth-order valence-corrected chi connectivity index (χ4v) is 3.31. The Morgan fingerprint density at radius 1 is 1.36 bits per heavy atom. The maximum Gasteiger partial charge on any atom is 0.293 e. The molecule has 0 spiro atoms. The third kappa shape index (κ3) is 5.23. The molecule has 5 nitrogen and oxygen atoms in total. The fraction of sp³-hybridized carbons (Fsp3) is 0.444. The van der Waals surface area contributed by atoms with Gasteiger partial charge in [0.2, 0.25) is 0 Å². The molecule has 0 unspecified atom stereocenters. The molecular weight excluding hydrogens is 362 g/mol. The van der Waals surface area contributed by atoms with E-state index in [-0.39, 0.29) is 17.3 Å². The van der Waals surface area contributed by atoms with Crippen LogP contribution in [0.4, 0.5) is 4.79 Å². The molecule has 0 N–H and O–H groups in total. The largest absolute Gasteiger partial charge is 0.489 e. The van der Waals surface area contributed by atoms with Gasteiger partial charge in [-0.25, -0.2) is 0 Å². The summed E-state index contributed by atoms with van der Waals surface area (Å²) in [6, 6.07) is 5.34. The smallest absolute Gasteiger partial charge is 0.293 e. The molecule has 1 atom stereocenters. The van der Waals surface area contributed by atoms with Crippen LogP contribution in [0, 0.1) is 0 Å². The highest BCUT2D eigenvalue weighted by molar-refractivity contribution is 8.18. The summed E-state index contributed by atoms with van der Waals surface area (Å²) < 4.78 is 10.7. The second-order valence-corrected chi connectivity index (χ2v) is 7.11. The van der Waals surface area contributed by atoms with E-state index in [1.807, 2.05) is 19.9 Å². The number of imide groups is 1. The van der Waals surface area contributed by atoms with E-state index in [2.05, 4.69) is 0 Å². The highest BCUT2D eigenvalue weighted by Gasteiger charge is 2.34. The molecule has 0 bridgehead atoms. The summed E-state index contributed by atoms with van der Waals surface area (Å²) in [5.41, 5.74) is 0.754. The lowest BCUT2D eigenvalue weighted by Gasteiger charge is -2.14. The predicted molar refractivity (Wildman–Crippen MR) is 101 cm³/mol. The van der Waals surface area contributed by atoms with Gasteiger partial charge in [0.25, 0.3) is 11.1 Å². The average Bonchev–Trinajstić information content (AvgIpc) is 2.84. The first-order valence-electron chi connectivity index (χ1n) is 8.16. The van der Waals surface area contributed by atoms with Gasteiger partial charge in [-0.15, -0.1) is 0 Å². The van der Waals surface area contributed by atoms with Crippen molar-refractivity contribution in [3.05, 3.63) is 33.7 Å². The lowest BCUT2D eigenvalue weighted by Crippen LogP contribution is -2.29. The first-order chi connectivity index (χ1) is 12.0. The number of amides is 2. The highest BCUT2D eigenvalue weighted by atomic mass is 35.5. The molecule has 1 aliphatic heterocycles. The summed E-state index contributed by atoms with van der Waals surface area (Å²) >= 11 is 7.20. The number of halogens is 1. The van der Waals surface area contributed by atoms with Crippen molar-refractivity contribution in [2.24, 2.45) is 0 Å². The van der Waals surface area contributed by atoms with E-state index in [4.69, 9.17) is 21.1 Å². The molecule has 1 fully saturated rings. The Morgan fingerprint density at radius 2 is 2.12 bits per heavy atom. The van der Waals surface area contributed by atoms with Crippen LogP contribution in [0.2, 0.25) is 5.02 Å². The molecular formula is C18H22ClNO4S. The van der Waals surface area contributed by atoms with Gasteiger partial charge in [-0.2, -0.15) is 0 Å². The Bertz CT molecular complexity index is 677. The molecule has 0 aliphatic carbocycles. The van der Waals surface area contributed by atoms with E-state index in [0.717, 1.165) is 23.7 Å². The van der Waals surface area contributed by atoms with Crippen LogP contribution >= 0.6 is 23.4 Å². The van der Waals surface area contributed by atoms with Gasteiger partial charge in [0, 0.05) is 20.3 Å². The number of ether oxygens (including phenoxy) is 2. The van der Waals surface area contributed by atoms with Gasteiger partial charge in [0.15, 0.2) is 0 Å². The van der Waals surface area contributed by atoms with Crippen molar-refractivity contribution in [3.63, 3.8) is 0 Å². The number of thioether (sulfide) groups is 1. The lowest BCUT2D eigenvalue weighted by atomic mass is 10.2. The Morgan fingerprint density at radius 3 is 2.76 bits per heavy atom. The van der Waals surface area contributed by atoms with E-state index >= 15 is 0 Å². The third-order valence-electron chi connectivity index (χ3n) is 3.76. The molecule has 7 heteroatoms. The summed E-state index contributed by atoms with van der Waals surface area (Å²) in [6.45, 7) is 4.88. The molecule has 1 aromatic rings. The molecule has 2 amide bonds. The van der Waals surface area contributed by atoms with Crippen LogP contribution < -0.4 is 4.74 Å². The van der Waals surface area contributed by atoms with E-state index < -0.39 is 0 Å². The quantitative estimate of drug-likeness (QED) is 0.485. The van der Waals surface area contributed by atoms with E-state index in [0.29, 0.717) is 35.2 Å². The number of rotatable bonds is 8. The SMILES string of the molecule is CC[C@@H](C)Oc1ccc(/C=C2/SC(=O)N(CCCOC)C2=O)cc1Cl. The van der Waals surface area contributed by atoms with Crippen molar-refractivity contribution in [1.29, 1.82) is 0 Å². The first kappa shape index (κ1) is 19.8. The average molecular weight is 384 g/mol. The minimum atomic E-state index is -0.276. The maximum absolute atomic E-state index is 12.4. The number of nitrogens with zero attached hydrogens (tertiary/aromatic N) is 1. The van der Waals surface area contributed by atoms with Gasteiger partial charge in [0.05, 0.1) is 16.0 Å². The number of carbonyl (C=O) groups is 2. The zero-order valence-electron chi connectivity index (χ0n) is 14.6. The van der Waals surface area contributed by atoms with Crippen LogP contribution in [-0.4, -0.2) is 42.4 Å². The molecule has 1 heterocycles. The van der Waals surface area contributed by atoms with Crippen LogP contribution in [0.1, 0.15) is 32.3 Å². The zero-order chi connectivity index (χ0) is 18.4. The van der Waals surface area contributed by atoms with Crippen LogP contribution in [0.15, 0.2) is 23.1 Å². The van der Waals surface area contributed by atoms with Crippen molar-refractivity contribution in [2.45, 2.75) is 32.8 Å². The number of benzene rings is 1. The Hall–Kier alpha value is -1.50. The van der Waals surface area contributed by atoms with Gasteiger partial charge in [-0.3, -0.25) is 14.5 Å².